The Labute approximate surface area is 195 Å². The molecule has 33 heavy (non-hydrogen) atoms. The first-order chi connectivity index (χ1) is 16.0. The van der Waals surface area contributed by atoms with Crippen molar-refractivity contribution in [2.45, 2.75) is 40.3 Å². The molecular formula is C26H33N3O4. The molecule has 0 bridgehead atoms. The molecule has 3 rings (SSSR count). The van der Waals surface area contributed by atoms with E-state index in [0.29, 0.717) is 24.5 Å². The maximum absolute atomic E-state index is 13.0. The summed E-state index contributed by atoms with van der Waals surface area (Å²) in [4.78, 5) is 15.3. The van der Waals surface area contributed by atoms with Crippen LogP contribution in [0, 0.1) is 13.8 Å². The molecule has 3 aromatic rings. The smallest absolute Gasteiger partial charge is 0.251 e. The minimum atomic E-state index is -0.141. The van der Waals surface area contributed by atoms with Crippen molar-refractivity contribution in [1.29, 1.82) is 0 Å². The van der Waals surface area contributed by atoms with Crippen molar-refractivity contribution in [1.82, 2.24) is 15.4 Å². The van der Waals surface area contributed by atoms with E-state index in [9.17, 15) is 4.79 Å². The number of amides is 1. The van der Waals surface area contributed by atoms with Crippen molar-refractivity contribution in [3.63, 3.8) is 0 Å². The minimum absolute atomic E-state index is 0.0398. The summed E-state index contributed by atoms with van der Waals surface area (Å²) in [6.45, 7) is 10.6. The van der Waals surface area contributed by atoms with Crippen molar-refractivity contribution in [2.24, 2.45) is 0 Å². The zero-order chi connectivity index (χ0) is 23.8. The van der Waals surface area contributed by atoms with Gasteiger partial charge in [0.25, 0.3) is 5.91 Å². The van der Waals surface area contributed by atoms with Gasteiger partial charge in [0.15, 0.2) is 0 Å². The Hall–Kier alpha value is -3.32. The summed E-state index contributed by atoms with van der Waals surface area (Å²) in [6.07, 6.45) is 0. The molecule has 0 saturated heterocycles. The molecule has 2 aromatic carbocycles. The minimum Gasteiger partial charge on any atom is -0.497 e. The Kier molecular flexibility index (Phi) is 8.49. The van der Waals surface area contributed by atoms with E-state index in [1.165, 1.54) is 0 Å². The summed E-state index contributed by atoms with van der Waals surface area (Å²) in [5, 5.41) is 7.05. The Balaban J connectivity index is 1.69. The SMILES string of the molecule is CCN(CC)C(CNC(=O)c1cccc(OCc2c(C)noc2C)c1)c1cccc(OC)c1. The van der Waals surface area contributed by atoms with Gasteiger partial charge in [-0.3, -0.25) is 9.69 Å². The fraction of sp³-hybridized carbons (Fsp3) is 0.385. The number of aryl methyl sites for hydroxylation is 2. The molecule has 1 heterocycles. The molecule has 1 N–H and O–H groups in total. The van der Waals surface area contributed by atoms with Crippen LogP contribution in [0.25, 0.3) is 0 Å². The molecule has 1 atom stereocenters. The van der Waals surface area contributed by atoms with Crippen molar-refractivity contribution in [3.8, 4) is 11.5 Å². The van der Waals surface area contributed by atoms with Crippen molar-refractivity contribution in [3.05, 3.63) is 76.7 Å². The second-order valence-corrected chi connectivity index (χ2v) is 7.84. The topological polar surface area (TPSA) is 76.8 Å². The van der Waals surface area contributed by atoms with Crippen LogP contribution in [0.3, 0.4) is 0 Å². The predicted molar refractivity (Wildman–Crippen MR) is 128 cm³/mol. The van der Waals surface area contributed by atoms with Gasteiger partial charge in [-0.15, -0.1) is 0 Å². The van der Waals surface area contributed by atoms with E-state index in [1.807, 2.05) is 44.2 Å². The van der Waals surface area contributed by atoms with E-state index in [0.717, 1.165) is 41.4 Å². The molecule has 1 amide bonds. The molecule has 7 nitrogen and oxygen atoms in total. The molecule has 0 spiro atoms. The van der Waals surface area contributed by atoms with Gasteiger partial charge in [0.05, 0.1) is 24.4 Å². The monoisotopic (exact) mass is 451 g/mol. The molecule has 0 aliphatic heterocycles. The average molecular weight is 452 g/mol. The van der Waals surface area contributed by atoms with Crippen LogP contribution in [-0.4, -0.2) is 42.7 Å². The van der Waals surface area contributed by atoms with Gasteiger partial charge in [0, 0.05) is 12.1 Å². The van der Waals surface area contributed by atoms with Crippen LogP contribution in [0.4, 0.5) is 0 Å². The van der Waals surface area contributed by atoms with Gasteiger partial charge in [0.2, 0.25) is 0 Å². The van der Waals surface area contributed by atoms with E-state index in [4.69, 9.17) is 14.0 Å². The molecule has 0 aliphatic rings. The van der Waals surface area contributed by atoms with Crippen molar-refractivity contribution >= 4 is 5.91 Å². The van der Waals surface area contributed by atoms with E-state index in [-0.39, 0.29) is 11.9 Å². The lowest BCUT2D eigenvalue weighted by molar-refractivity contribution is 0.0934. The Morgan fingerprint density at radius 1 is 1.09 bits per heavy atom. The largest absolute Gasteiger partial charge is 0.497 e. The molecule has 0 fully saturated rings. The van der Waals surface area contributed by atoms with E-state index < -0.39 is 0 Å². The van der Waals surface area contributed by atoms with Crippen LogP contribution in [0.5, 0.6) is 11.5 Å². The highest BCUT2D eigenvalue weighted by molar-refractivity contribution is 5.94. The number of likely N-dealkylation sites (N-methyl/N-ethyl adjacent to an activating group) is 1. The average Bonchev–Trinajstić information content (AvgIpc) is 3.17. The van der Waals surface area contributed by atoms with Crippen LogP contribution < -0.4 is 14.8 Å². The number of hydrogen-bond donors (Lipinski definition) is 1. The molecule has 7 heteroatoms. The standard InChI is InChI=1S/C26H33N3O4/c1-6-29(7-2)25(20-10-8-12-22(14-20)31-5)16-27-26(30)21-11-9-13-23(15-21)32-17-24-18(3)28-33-19(24)4/h8-15,25H,6-7,16-17H2,1-5H3,(H,27,30). The molecule has 0 saturated carbocycles. The first-order valence-electron chi connectivity index (χ1n) is 11.3. The van der Waals surface area contributed by atoms with Crippen LogP contribution in [0.1, 0.15) is 52.8 Å². The van der Waals surface area contributed by atoms with Gasteiger partial charge in [0.1, 0.15) is 23.9 Å². The summed E-state index contributed by atoms with van der Waals surface area (Å²) >= 11 is 0. The molecule has 0 radical (unpaired) electrons. The number of methoxy groups -OCH3 is 1. The van der Waals surface area contributed by atoms with E-state index in [1.54, 1.807) is 19.2 Å². The molecular weight excluding hydrogens is 418 g/mol. The van der Waals surface area contributed by atoms with Crippen molar-refractivity contribution < 1.29 is 18.8 Å². The van der Waals surface area contributed by atoms with Crippen LogP contribution in [0.2, 0.25) is 0 Å². The van der Waals surface area contributed by atoms with Gasteiger partial charge < -0.3 is 19.3 Å². The van der Waals surface area contributed by atoms with Gasteiger partial charge >= 0.3 is 0 Å². The third-order valence-corrected chi connectivity index (χ3v) is 5.85. The third kappa shape index (κ3) is 6.14. The summed E-state index contributed by atoms with van der Waals surface area (Å²) < 4.78 is 16.5. The summed E-state index contributed by atoms with van der Waals surface area (Å²) in [6, 6.07) is 15.2. The second-order valence-electron chi connectivity index (χ2n) is 7.84. The number of carbonyl (C=O) groups excluding carboxylic acids is 1. The first kappa shape index (κ1) is 24.3. The van der Waals surface area contributed by atoms with E-state index in [2.05, 4.69) is 35.3 Å². The zero-order valence-electron chi connectivity index (χ0n) is 20.1. The summed E-state index contributed by atoms with van der Waals surface area (Å²) in [5.74, 6) is 2.02. The summed E-state index contributed by atoms with van der Waals surface area (Å²) in [5.41, 5.74) is 3.39. The molecule has 176 valence electrons. The Bertz CT molecular complexity index is 1040. The van der Waals surface area contributed by atoms with Gasteiger partial charge in [-0.2, -0.15) is 0 Å². The van der Waals surface area contributed by atoms with Gasteiger partial charge in [-0.25, -0.2) is 0 Å². The highest BCUT2D eigenvalue weighted by Gasteiger charge is 2.20. The number of hydrogen-bond acceptors (Lipinski definition) is 6. The molecule has 1 unspecified atom stereocenters. The zero-order valence-corrected chi connectivity index (χ0v) is 20.1. The van der Waals surface area contributed by atoms with E-state index >= 15 is 0 Å². The first-order valence-corrected chi connectivity index (χ1v) is 11.3. The third-order valence-electron chi connectivity index (χ3n) is 5.85. The number of benzene rings is 2. The number of carbonyl (C=O) groups is 1. The predicted octanol–water partition coefficient (Wildman–Crippen LogP) is 4.69. The normalized spacial score (nSPS) is 11.9. The highest BCUT2D eigenvalue weighted by atomic mass is 16.5. The maximum atomic E-state index is 13.0. The Morgan fingerprint density at radius 3 is 2.48 bits per heavy atom. The van der Waals surface area contributed by atoms with Gasteiger partial charge in [-0.1, -0.05) is 37.2 Å². The number of nitrogens with zero attached hydrogens (tertiary/aromatic N) is 2. The number of nitrogens with one attached hydrogen (secondary N) is 1. The fourth-order valence-corrected chi connectivity index (χ4v) is 3.85. The second kappa shape index (κ2) is 11.5. The highest BCUT2D eigenvalue weighted by Crippen LogP contribution is 2.24. The van der Waals surface area contributed by atoms with Crippen LogP contribution in [-0.2, 0) is 6.61 Å². The number of ether oxygens (including phenoxy) is 2. The lowest BCUT2D eigenvalue weighted by Crippen LogP contribution is -2.38. The molecule has 0 aliphatic carbocycles. The van der Waals surface area contributed by atoms with Gasteiger partial charge in [-0.05, 0) is 62.8 Å². The summed E-state index contributed by atoms with van der Waals surface area (Å²) in [7, 11) is 1.66. The fourth-order valence-electron chi connectivity index (χ4n) is 3.85. The Morgan fingerprint density at radius 2 is 1.82 bits per heavy atom. The number of rotatable bonds is 11. The van der Waals surface area contributed by atoms with Crippen LogP contribution >= 0.6 is 0 Å². The quantitative estimate of drug-likeness (QED) is 0.456. The lowest BCUT2D eigenvalue weighted by Gasteiger charge is -2.30. The van der Waals surface area contributed by atoms with Crippen LogP contribution in [0.15, 0.2) is 53.1 Å². The number of aromatic nitrogens is 1. The lowest BCUT2D eigenvalue weighted by atomic mass is 10.0. The maximum Gasteiger partial charge on any atom is 0.251 e. The van der Waals surface area contributed by atoms with Crippen molar-refractivity contribution in [2.75, 3.05) is 26.7 Å². The molecule has 1 aromatic heterocycles.